The van der Waals surface area contributed by atoms with Crippen LogP contribution >= 0.6 is 0 Å². The van der Waals surface area contributed by atoms with Gasteiger partial charge in [-0.25, -0.2) is 23.2 Å². The molecule has 0 fully saturated rings. The zero-order valence-electron chi connectivity index (χ0n) is 6.64. The Labute approximate surface area is 70.5 Å². The Bertz CT molecular complexity index is 355. The fraction of sp³-hybridized carbons (Fsp3) is 0.600. The van der Waals surface area contributed by atoms with Crippen molar-refractivity contribution in [3.8, 4) is 0 Å². The molecule has 12 heavy (non-hydrogen) atoms. The lowest BCUT2D eigenvalue weighted by Crippen LogP contribution is -2.19. The van der Waals surface area contributed by atoms with Gasteiger partial charge in [0.1, 0.15) is 6.33 Å². The van der Waals surface area contributed by atoms with Crippen LogP contribution in [-0.4, -0.2) is 23.2 Å². The van der Waals surface area contributed by atoms with E-state index in [1.165, 1.54) is 11.0 Å². The molecule has 0 aliphatic heterocycles. The molecule has 0 saturated heterocycles. The largest absolute Gasteiger partial charge is 0.273 e. The van der Waals surface area contributed by atoms with Gasteiger partial charge in [0.15, 0.2) is 0 Å². The molecule has 1 aromatic heterocycles. The molecule has 0 aromatic carbocycles. The summed E-state index contributed by atoms with van der Waals surface area (Å²) in [6.07, 6.45) is 1.96. The zero-order chi connectivity index (χ0) is 9.19. The number of aromatic nitrogens is 3. The van der Waals surface area contributed by atoms with Crippen LogP contribution in [0.5, 0.6) is 0 Å². The number of hydrogen-bond acceptors (Lipinski definition) is 4. The summed E-state index contributed by atoms with van der Waals surface area (Å²) in [6, 6.07) is 0. The van der Waals surface area contributed by atoms with Crippen molar-refractivity contribution in [1.82, 2.24) is 14.8 Å². The number of aryl methyl sites for hydroxylation is 1. The van der Waals surface area contributed by atoms with Crippen molar-refractivity contribution in [1.29, 1.82) is 0 Å². The van der Waals surface area contributed by atoms with Crippen LogP contribution in [0.25, 0.3) is 0 Å². The van der Waals surface area contributed by atoms with Crippen LogP contribution in [0.2, 0.25) is 0 Å². The first-order valence-corrected chi connectivity index (χ1v) is 5.01. The van der Waals surface area contributed by atoms with Gasteiger partial charge in [-0.05, 0) is 6.42 Å². The lowest BCUT2D eigenvalue weighted by molar-refractivity contribution is 0.522. The Balaban J connectivity index is 3.08. The molecule has 1 heterocycles. The Morgan fingerprint density at radius 2 is 2.33 bits per heavy atom. The van der Waals surface area contributed by atoms with Crippen LogP contribution in [0.1, 0.15) is 13.3 Å². The molecule has 0 saturated carbocycles. The van der Waals surface area contributed by atoms with E-state index in [-0.39, 0.29) is 5.16 Å². The van der Waals surface area contributed by atoms with E-state index >= 15 is 0 Å². The summed E-state index contributed by atoms with van der Waals surface area (Å²) in [5, 5.41) is 8.42. The van der Waals surface area contributed by atoms with Crippen LogP contribution in [0, 0.1) is 0 Å². The van der Waals surface area contributed by atoms with Gasteiger partial charge in [-0.1, -0.05) is 6.92 Å². The van der Waals surface area contributed by atoms with Crippen LogP contribution in [-0.2, 0) is 16.6 Å². The van der Waals surface area contributed by atoms with Gasteiger partial charge in [-0.2, -0.15) is 5.10 Å². The molecule has 1 rings (SSSR count). The van der Waals surface area contributed by atoms with Gasteiger partial charge < -0.3 is 0 Å². The first-order valence-electron chi connectivity index (χ1n) is 3.46. The Hall–Kier alpha value is -0.950. The van der Waals surface area contributed by atoms with Crippen LogP contribution in [0.3, 0.4) is 0 Å². The number of primary sulfonamides is 1. The standard InChI is InChI=1S/C5H10N4O2S/c1-2-3-9-5(7-4-8-9)12(6,10)11/h4H,2-3H2,1H3,(H2,6,10,11). The fourth-order valence-corrected chi connectivity index (χ4v) is 1.47. The quantitative estimate of drug-likeness (QED) is 0.684. The van der Waals surface area contributed by atoms with E-state index in [2.05, 4.69) is 10.1 Å². The van der Waals surface area contributed by atoms with Gasteiger partial charge in [-0.15, -0.1) is 0 Å². The lowest BCUT2D eigenvalue weighted by Gasteiger charge is -2.00. The van der Waals surface area contributed by atoms with Gasteiger partial charge in [0.2, 0.25) is 0 Å². The Morgan fingerprint density at radius 1 is 1.67 bits per heavy atom. The van der Waals surface area contributed by atoms with E-state index in [1.54, 1.807) is 0 Å². The van der Waals surface area contributed by atoms with E-state index in [0.717, 1.165) is 6.42 Å². The van der Waals surface area contributed by atoms with Crippen molar-refractivity contribution in [3.63, 3.8) is 0 Å². The van der Waals surface area contributed by atoms with Crippen molar-refractivity contribution in [2.75, 3.05) is 0 Å². The molecule has 0 radical (unpaired) electrons. The maximum Gasteiger partial charge on any atom is 0.273 e. The summed E-state index contributed by atoms with van der Waals surface area (Å²) in [7, 11) is -3.72. The molecule has 68 valence electrons. The monoisotopic (exact) mass is 190 g/mol. The third-order valence-corrected chi connectivity index (χ3v) is 2.10. The van der Waals surface area contributed by atoms with Crippen molar-refractivity contribution in [3.05, 3.63) is 6.33 Å². The molecule has 0 aliphatic carbocycles. The van der Waals surface area contributed by atoms with Crippen LogP contribution < -0.4 is 5.14 Å². The molecular formula is C5H10N4O2S. The van der Waals surface area contributed by atoms with Crippen molar-refractivity contribution in [2.45, 2.75) is 25.0 Å². The average Bonchev–Trinajstić information content (AvgIpc) is 2.34. The van der Waals surface area contributed by atoms with Crippen molar-refractivity contribution in [2.24, 2.45) is 5.14 Å². The average molecular weight is 190 g/mol. The number of hydrogen-bond donors (Lipinski definition) is 1. The molecule has 6 nitrogen and oxygen atoms in total. The first kappa shape index (κ1) is 9.14. The number of sulfonamides is 1. The minimum absolute atomic E-state index is 0.177. The molecule has 0 spiro atoms. The topological polar surface area (TPSA) is 90.9 Å². The molecule has 2 N–H and O–H groups in total. The second-order valence-corrected chi connectivity index (χ2v) is 3.77. The second kappa shape index (κ2) is 3.20. The van der Waals surface area contributed by atoms with E-state index in [1.807, 2.05) is 6.92 Å². The molecule has 0 unspecified atom stereocenters. The highest BCUT2D eigenvalue weighted by Gasteiger charge is 2.15. The molecule has 7 heteroatoms. The lowest BCUT2D eigenvalue weighted by atomic mass is 10.5. The van der Waals surface area contributed by atoms with Crippen LogP contribution in [0.15, 0.2) is 11.5 Å². The molecular weight excluding hydrogens is 180 g/mol. The van der Waals surface area contributed by atoms with E-state index in [0.29, 0.717) is 6.54 Å². The summed E-state index contributed by atoms with van der Waals surface area (Å²) in [6.45, 7) is 2.42. The fourth-order valence-electron chi connectivity index (χ4n) is 0.839. The van der Waals surface area contributed by atoms with E-state index in [4.69, 9.17) is 5.14 Å². The summed E-state index contributed by atoms with van der Waals surface area (Å²) >= 11 is 0. The SMILES string of the molecule is CCCn1ncnc1S(N)(=O)=O. The predicted molar refractivity (Wildman–Crippen MR) is 41.7 cm³/mol. The zero-order valence-corrected chi connectivity index (χ0v) is 7.45. The van der Waals surface area contributed by atoms with E-state index < -0.39 is 10.0 Å². The maximum absolute atomic E-state index is 10.8. The smallest absolute Gasteiger partial charge is 0.235 e. The number of nitrogens with two attached hydrogens (primary N) is 1. The van der Waals surface area contributed by atoms with Gasteiger partial charge in [0.25, 0.3) is 15.2 Å². The highest BCUT2D eigenvalue weighted by atomic mass is 32.2. The number of rotatable bonds is 3. The van der Waals surface area contributed by atoms with Crippen molar-refractivity contribution >= 4 is 10.0 Å². The first-order chi connectivity index (χ1) is 5.55. The molecule has 0 atom stereocenters. The maximum atomic E-state index is 10.8. The van der Waals surface area contributed by atoms with Crippen LogP contribution in [0.4, 0.5) is 0 Å². The summed E-state index contributed by atoms with van der Waals surface area (Å²) in [4.78, 5) is 3.54. The third kappa shape index (κ3) is 1.80. The summed E-state index contributed by atoms with van der Waals surface area (Å²) in [5.41, 5.74) is 0. The molecule has 1 aromatic rings. The highest BCUT2D eigenvalue weighted by molar-refractivity contribution is 7.89. The molecule has 0 aliphatic rings. The van der Waals surface area contributed by atoms with Gasteiger partial charge in [0, 0.05) is 6.54 Å². The normalized spacial score (nSPS) is 11.8. The van der Waals surface area contributed by atoms with Gasteiger partial charge in [-0.3, -0.25) is 0 Å². The van der Waals surface area contributed by atoms with Gasteiger partial charge >= 0.3 is 0 Å². The Morgan fingerprint density at radius 3 is 2.83 bits per heavy atom. The minimum Gasteiger partial charge on any atom is -0.235 e. The molecule has 0 bridgehead atoms. The third-order valence-electron chi connectivity index (χ3n) is 1.27. The summed E-state index contributed by atoms with van der Waals surface area (Å²) < 4.78 is 23.0. The summed E-state index contributed by atoms with van der Waals surface area (Å²) in [5.74, 6) is 0. The minimum atomic E-state index is -3.72. The Kier molecular flexibility index (Phi) is 2.43. The second-order valence-electron chi connectivity index (χ2n) is 2.31. The van der Waals surface area contributed by atoms with E-state index in [9.17, 15) is 8.42 Å². The van der Waals surface area contributed by atoms with Crippen molar-refractivity contribution < 1.29 is 8.42 Å². The van der Waals surface area contributed by atoms with Gasteiger partial charge in [0.05, 0.1) is 0 Å². The number of nitrogens with zero attached hydrogens (tertiary/aromatic N) is 3. The highest BCUT2D eigenvalue weighted by Crippen LogP contribution is 2.00. The molecule has 0 amide bonds. The predicted octanol–water partition coefficient (Wildman–Crippen LogP) is -0.664.